The predicted molar refractivity (Wildman–Crippen MR) is 103 cm³/mol. The van der Waals surface area contributed by atoms with E-state index in [0.717, 1.165) is 0 Å². The summed E-state index contributed by atoms with van der Waals surface area (Å²) in [4.78, 5) is 15.4. The molecule has 0 aliphatic carbocycles. The highest BCUT2D eigenvalue weighted by molar-refractivity contribution is 7.98. The number of anilines is 1. The van der Waals surface area contributed by atoms with Crippen LogP contribution < -0.4 is 14.8 Å². The molecule has 25 heavy (non-hydrogen) atoms. The predicted octanol–water partition coefficient (Wildman–Crippen LogP) is 3.50. The topological polar surface area (TPSA) is 50.8 Å². The van der Waals surface area contributed by atoms with Crippen LogP contribution in [-0.2, 0) is 11.3 Å². The van der Waals surface area contributed by atoms with Gasteiger partial charge >= 0.3 is 0 Å². The molecule has 0 aliphatic heterocycles. The van der Waals surface area contributed by atoms with Gasteiger partial charge in [-0.3, -0.25) is 9.69 Å². The van der Waals surface area contributed by atoms with Gasteiger partial charge in [0.15, 0.2) is 11.5 Å². The number of benzene rings is 2. The second kappa shape index (κ2) is 9.34. The highest BCUT2D eigenvalue weighted by Crippen LogP contribution is 2.29. The van der Waals surface area contributed by atoms with Gasteiger partial charge in [0.25, 0.3) is 0 Å². The zero-order valence-corrected chi connectivity index (χ0v) is 15.9. The fourth-order valence-electron chi connectivity index (χ4n) is 2.46. The molecule has 1 N–H and O–H groups in total. The van der Waals surface area contributed by atoms with Crippen LogP contribution in [0.4, 0.5) is 5.69 Å². The van der Waals surface area contributed by atoms with Crippen LogP contribution in [0.5, 0.6) is 11.5 Å². The van der Waals surface area contributed by atoms with Crippen molar-refractivity contribution < 1.29 is 14.3 Å². The molecule has 1 amide bonds. The summed E-state index contributed by atoms with van der Waals surface area (Å²) in [5.74, 6) is 1.14. The molecular formula is C19H24N2O3S. The van der Waals surface area contributed by atoms with E-state index in [9.17, 15) is 4.79 Å². The summed E-state index contributed by atoms with van der Waals surface area (Å²) in [5, 5.41) is 2.88. The number of ether oxygens (including phenoxy) is 2. The summed E-state index contributed by atoms with van der Waals surface area (Å²) < 4.78 is 10.4. The van der Waals surface area contributed by atoms with Gasteiger partial charge in [0.2, 0.25) is 5.91 Å². The van der Waals surface area contributed by atoms with Gasteiger partial charge < -0.3 is 14.8 Å². The van der Waals surface area contributed by atoms with Crippen LogP contribution in [0.2, 0.25) is 0 Å². The van der Waals surface area contributed by atoms with Crippen molar-refractivity contribution in [1.29, 1.82) is 0 Å². The fraction of sp³-hybridized carbons (Fsp3) is 0.316. The van der Waals surface area contributed by atoms with E-state index in [1.165, 1.54) is 10.5 Å². The Bertz CT molecular complexity index is 704. The van der Waals surface area contributed by atoms with Crippen molar-refractivity contribution in [3.8, 4) is 11.5 Å². The lowest BCUT2D eigenvalue weighted by Gasteiger charge is -2.17. The molecule has 5 nitrogen and oxygen atoms in total. The van der Waals surface area contributed by atoms with Gasteiger partial charge in [0.1, 0.15) is 0 Å². The van der Waals surface area contributed by atoms with E-state index in [-0.39, 0.29) is 5.91 Å². The molecule has 0 atom stereocenters. The number of nitrogens with zero attached hydrogens (tertiary/aromatic N) is 1. The molecule has 134 valence electrons. The summed E-state index contributed by atoms with van der Waals surface area (Å²) in [7, 11) is 5.08. The van der Waals surface area contributed by atoms with Crippen molar-refractivity contribution in [2.24, 2.45) is 0 Å². The zero-order valence-electron chi connectivity index (χ0n) is 15.0. The Balaban J connectivity index is 1.90. The molecule has 0 bridgehead atoms. The lowest BCUT2D eigenvalue weighted by molar-refractivity contribution is -0.117. The first kappa shape index (κ1) is 19.1. The van der Waals surface area contributed by atoms with E-state index in [1.807, 2.05) is 11.9 Å². The average molecular weight is 360 g/mol. The third-order valence-electron chi connectivity index (χ3n) is 3.69. The smallest absolute Gasteiger partial charge is 0.238 e. The van der Waals surface area contributed by atoms with Crippen LogP contribution in [-0.4, -0.2) is 44.9 Å². The lowest BCUT2D eigenvalue weighted by atomic mass is 10.2. The highest BCUT2D eigenvalue weighted by Gasteiger charge is 2.10. The number of amides is 1. The van der Waals surface area contributed by atoms with E-state index in [2.05, 4.69) is 35.8 Å². The molecule has 0 aromatic heterocycles. The van der Waals surface area contributed by atoms with Gasteiger partial charge in [-0.15, -0.1) is 11.8 Å². The average Bonchev–Trinajstić information content (AvgIpc) is 2.62. The maximum Gasteiger partial charge on any atom is 0.238 e. The number of nitrogens with one attached hydrogen (secondary N) is 1. The fourth-order valence-corrected chi connectivity index (χ4v) is 2.87. The molecule has 0 heterocycles. The Kier molecular flexibility index (Phi) is 7.16. The van der Waals surface area contributed by atoms with E-state index < -0.39 is 0 Å². The Labute approximate surface area is 153 Å². The Morgan fingerprint density at radius 2 is 1.76 bits per heavy atom. The van der Waals surface area contributed by atoms with Crippen LogP contribution in [0, 0.1) is 0 Å². The molecule has 2 aromatic carbocycles. The van der Waals surface area contributed by atoms with Gasteiger partial charge in [-0.1, -0.05) is 12.1 Å². The van der Waals surface area contributed by atoms with Gasteiger partial charge in [-0.2, -0.15) is 0 Å². The summed E-state index contributed by atoms with van der Waals surface area (Å²) in [6.07, 6.45) is 2.06. The second-order valence-corrected chi connectivity index (χ2v) is 6.52. The summed E-state index contributed by atoms with van der Waals surface area (Å²) in [5.41, 5.74) is 1.86. The monoisotopic (exact) mass is 360 g/mol. The summed E-state index contributed by atoms with van der Waals surface area (Å²) >= 11 is 1.72. The first-order valence-electron chi connectivity index (χ1n) is 7.89. The van der Waals surface area contributed by atoms with Crippen LogP contribution in [0.15, 0.2) is 47.4 Å². The van der Waals surface area contributed by atoms with Crippen LogP contribution >= 0.6 is 11.8 Å². The largest absolute Gasteiger partial charge is 0.493 e. The molecule has 0 aliphatic rings. The first-order chi connectivity index (χ1) is 12.0. The quantitative estimate of drug-likeness (QED) is 0.730. The third-order valence-corrected chi connectivity index (χ3v) is 4.44. The number of likely N-dealkylation sites (N-methyl/N-ethyl adjacent to an activating group) is 1. The molecule has 0 fully saturated rings. The summed E-state index contributed by atoms with van der Waals surface area (Å²) in [6, 6.07) is 13.7. The van der Waals surface area contributed by atoms with Crippen LogP contribution in [0.25, 0.3) is 0 Å². The van der Waals surface area contributed by atoms with Crippen molar-refractivity contribution >= 4 is 23.4 Å². The number of hydrogen-bond donors (Lipinski definition) is 1. The van der Waals surface area contributed by atoms with Crippen molar-refractivity contribution in [3.05, 3.63) is 48.0 Å². The lowest BCUT2D eigenvalue weighted by Crippen LogP contribution is -2.29. The zero-order chi connectivity index (χ0) is 18.2. The molecule has 0 spiro atoms. The number of carbonyl (C=O) groups is 1. The molecule has 0 radical (unpaired) electrons. The Hall–Kier alpha value is -2.18. The summed E-state index contributed by atoms with van der Waals surface area (Å²) in [6.45, 7) is 1.02. The van der Waals surface area contributed by atoms with Crippen LogP contribution in [0.1, 0.15) is 5.56 Å². The molecule has 6 heteroatoms. The normalized spacial score (nSPS) is 10.6. The van der Waals surface area contributed by atoms with E-state index in [4.69, 9.17) is 9.47 Å². The molecule has 0 saturated heterocycles. The highest BCUT2D eigenvalue weighted by atomic mass is 32.2. The van der Waals surface area contributed by atoms with E-state index >= 15 is 0 Å². The maximum absolute atomic E-state index is 12.2. The minimum Gasteiger partial charge on any atom is -0.493 e. The third kappa shape index (κ3) is 5.69. The number of methoxy groups -OCH3 is 2. The minimum atomic E-state index is -0.0737. The Morgan fingerprint density at radius 1 is 1.08 bits per heavy atom. The van der Waals surface area contributed by atoms with Crippen molar-refractivity contribution in [1.82, 2.24) is 4.90 Å². The van der Waals surface area contributed by atoms with Gasteiger partial charge in [-0.25, -0.2) is 0 Å². The maximum atomic E-state index is 12.2. The number of rotatable bonds is 8. The second-order valence-electron chi connectivity index (χ2n) is 5.64. The first-order valence-corrected chi connectivity index (χ1v) is 9.11. The minimum absolute atomic E-state index is 0.0737. The Morgan fingerprint density at radius 3 is 2.36 bits per heavy atom. The van der Waals surface area contributed by atoms with Crippen LogP contribution in [0.3, 0.4) is 0 Å². The standard InChI is InChI=1S/C19H24N2O3S/c1-21(12-14-5-8-16(25-4)9-6-14)13-19(22)20-15-7-10-17(23-2)18(11-15)24-3/h5-11H,12-13H2,1-4H3,(H,20,22). The molecule has 2 aromatic rings. The number of carbonyl (C=O) groups excluding carboxylic acids is 1. The van der Waals surface area contributed by atoms with Gasteiger partial charge in [0.05, 0.1) is 20.8 Å². The van der Waals surface area contributed by atoms with Crippen molar-refractivity contribution in [3.63, 3.8) is 0 Å². The van der Waals surface area contributed by atoms with E-state index in [0.29, 0.717) is 30.3 Å². The van der Waals surface area contributed by atoms with Gasteiger partial charge in [0, 0.05) is 23.2 Å². The molecule has 0 unspecified atom stereocenters. The van der Waals surface area contributed by atoms with Gasteiger partial charge in [-0.05, 0) is 43.1 Å². The number of thioether (sulfide) groups is 1. The number of hydrogen-bond acceptors (Lipinski definition) is 5. The SMILES string of the molecule is COc1ccc(NC(=O)CN(C)Cc2ccc(SC)cc2)cc1OC. The molecule has 2 rings (SSSR count). The van der Waals surface area contributed by atoms with Crippen molar-refractivity contribution in [2.45, 2.75) is 11.4 Å². The van der Waals surface area contributed by atoms with E-state index in [1.54, 1.807) is 44.2 Å². The molecule has 0 saturated carbocycles. The van der Waals surface area contributed by atoms with Crippen molar-refractivity contribution in [2.75, 3.05) is 39.4 Å². The molecular weight excluding hydrogens is 336 g/mol.